The number of aliphatic hydroxyl groups is 1. The number of rotatable bonds is 8. The molecule has 2 N–H and O–H groups in total. The maximum Gasteiger partial charge on any atom is 0.119 e. The van der Waals surface area contributed by atoms with E-state index in [0.29, 0.717) is 19.2 Å². The SMILES string of the molecule is OCCN(CCOc1ccc(Br)cc1)CC1CCCN1. The zero-order valence-corrected chi connectivity index (χ0v) is 13.3. The summed E-state index contributed by atoms with van der Waals surface area (Å²) in [4.78, 5) is 2.27. The first-order valence-electron chi connectivity index (χ1n) is 7.23. The van der Waals surface area contributed by atoms with Crippen LogP contribution >= 0.6 is 15.9 Å². The van der Waals surface area contributed by atoms with Crippen molar-refractivity contribution in [2.24, 2.45) is 0 Å². The van der Waals surface area contributed by atoms with Gasteiger partial charge in [-0.3, -0.25) is 4.90 Å². The molecule has 1 unspecified atom stereocenters. The Bertz CT molecular complexity index is 380. The molecule has 5 heteroatoms. The molecular weight excluding hydrogens is 320 g/mol. The first-order chi connectivity index (χ1) is 9.78. The molecule has 1 aliphatic heterocycles. The molecule has 1 aromatic rings. The minimum atomic E-state index is 0.199. The summed E-state index contributed by atoms with van der Waals surface area (Å²) in [6.45, 7) is 4.51. The van der Waals surface area contributed by atoms with Gasteiger partial charge >= 0.3 is 0 Å². The van der Waals surface area contributed by atoms with E-state index in [9.17, 15) is 0 Å². The van der Waals surface area contributed by atoms with E-state index >= 15 is 0 Å². The van der Waals surface area contributed by atoms with Crippen molar-refractivity contribution in [1.29, 1.82) is 0 Å². The Hall–Kier alpha value is -0.620. The van der Waals surface area contributed by atoms with Gasteiger partial charge in [0.05, 0.1) is 6.61 Å². The lowest BCUT2D eigenvalue weighted by molar-refractivity contribution is 0.159. The maximum absolute atomic E-state index is 9.15. The second kappa shape index (κ2) is 8.62. The highest BCUT2D eigenvalue weighted by molar-refractivity contribution is 9.10. The molecule has 1 aliphatic rings. The van der Waals surface area contributed by atoms with Crippen LogP contribution in [0.2, 0.25) is 0 Å². The van der Waals surface area contributed by atoms with Crippen LogP contribution in [-0.4, -0.2) is 55.4 Å². The van der Waals surface area contributed by atoms with Gasteiger partial charge in [-0.2, -0.15) is 0 Å². The van der Waals surface area contributed by atoms with E-state index < -0.39 is 0 Å². The van der Waals surface area contributed by atoms with E-state index in [-0.39, 0.29) is 6.61 Å². The Morgan fingerprint density at radius 3 is 2.75 bits per heavy atom. The Labute approximate surface area is 129 Å². The topological polar surface area (TPSA) is 44.7 Å². The van der Waals surface area contributed by atoms with E-state index in [2.05, 4.69) is 26.1 Å². The fourth-order valence-corrected chi connectivity index (χ4v) is 2.75. The molecule has 0 bridgehead atoms. The molecule has 4 nitrogen and oxygen atoms in total. The van der Waals surface area contributed by atoms with Gasteiger partial charge in [0.1, 0.15) is 12.4 Å². The van der Waals surface area contributed by atoms with Crippen LogP contribution in [-0.2, 0) is 0 Å². The maximum atomic E-state index is 9.15. The number of nitrogens with zero attached hydrogens (tertiary/aromatic N) is 1. The third kappa shape index (κ3) is 5.40. The first kappa shape index (κ1) is 15.8. The van der Waals surface area contributed by atoms with Crippen molar-refractivity contribution in [2.75, 3.05) is 39.4 Å². The number of nitrogens with one attached hydrogen (secondary N) is 1. The van der Waals surface area contributed by atoms with Gasteiger partial charge in [-0.15, -0.1) is 0 Å². The molecule has 0 radical (unpaired) electrons. The summed E-state index contributed by atoms with van der Waals surface area (Å²) in [7, 11) is 0. The largest absolute Gasteiger partial charge is 0.492 e. The predicted molar refractivity (Wildman–Crippen MR) is 84.2 cm³/mol. The van der Waals surface area contributed by atoms with Crippen LogP contribution in [0.3, 0.4) is 0 Å². The number of hydrogen-bond donors (Lipinski definition) is 2. The van der Waals surface area contributed by atoms with Crippen molar-refractivity contribution < 1.29 is 9.84 Å². The second-order valence-corrected chi connectivity index (χ2v) is 6.04. The van der Waals surface area contributed by atoms with Gasteiger partial charge < -0.3 is 15.2 Å². The average Bonchev–Trinajstić information content (AvgIpc) is 2.94. The Balaban J connectivity index is 1.72. The van der Waals surface area contributed by atoms with Gasteiger partial charge in [0.25, 0.3) is 0 Å². The van der Waals surface area contributed by atoms with E-state index in [1.807, 2.05) is 24.3 Å². The van der Waals surface area contributed by atoms with Crippen molar-refractivity contribution in [3.05, 3.63) is 28.7 Å². The van der Waals surface area contributed by atoms with E-state index in [4.69, 9.17) is 9.84 Å². The van der Waals surface area contributed by atoms with Crippen molar-refractivity contribution >= 4 is 15.9 Å². The number of aliphatic hydroxyl groups excluding tert-OH is 1. The van der Waals surface area contributed by atoms with E-state index in [1.165, 1.54) is 12.8 Å². The van der Waals surface area contributed by atoms with Crippen molar-refractivity contribution in [2.45, 2.75) is 18.9 Å². The first-order valence-corrected chi connectivity index (χ1v) is 8.02. The summed E-state index contributed by atoms with van der Waals surface area (Å²) in [5.41, 5.74) is 0. The summed E-state index contributed by atoms with van der Waals surface area (Å²) in [5, 5.41) is 12.6. The molecule has 1 atom stereocenters. The number of ether oxygens (including phenoxy) is 1. The van der Waals surface area contributed by atoms with Gasteiger partial charge in [0.2, 0.25) is 0 Å². The summed E-state index contributed by atoms with van der Waals surface area (Å²) >= 11 is 3.41. The van der Waals surface area contributed by atoms with E-state index in [0.717, 1.165) is 29.9 Å². The number of hydrogen-bond acceptors (Lipinski definition) is 4. The number of halogens is 1. The molecule has 0 aromatic heterocycles. The van der Waals surface area contributed by atoms with Crippen LogP contribution < -0.4 is 10.1 Å². The molecular formula is C15H23BrN2O2. The van der Waals surface area contributed by atoms with E-state index in [1.54, 1.807) is 0 Å². The predicted octanol–water partition coefficient (Wildman–Crippen LogP) is 1.87. The lowest BCUT2D eigenvalue weighted by Crippen LogP contribution is -2.40. The van der Waals surface area contributed by atoms with Crippen LogP contribution in [0, 0.1) is 0 Å². The van der Waals surface area contributed by atoms with Gasteiger partial charge in [-0.1, -0.05) is 15.9 Å². The lowest BCUT2D eigenvalue weighted by atomic mass is 10.2. The molecule has 1 saturated heterocycles. The molecule has 0 aliphatic carbocycles. The minimum absolute atomic E-state index is 0.199. The highest BCUT2D eigenvalue weighted by atomic mass is 79.9. The third-order valence-electron chi connectivity index (χ3n) is 3.55. The molecule has 0 amide bonds. The molecule has 1 aromatic carbocycles. The van der Waals surface area contributed by atoms with Gasteiger partial charge in [-0.05, 0) is 43.7 Å². The normalized spacial score (nSPS) is 18.6. The highest BCUT2D eigenvalue weighted by Gasteiger charge is 2.17. The molecule has 0 spiro atoms. The standard InChI is InChI=1S/C15H23BrN2O2/c16-13-3-5-15(6-4-13)20-11-9-18(8-10-19)12-14-2-1-7-17-14/h3-6,14,17,19H,1-2,7-12H2. The van der Waals surface area contributed by atoms with Crippen molar-refractivity contribution in [3.8, 4) is 5.75 Å². The second-order valence-electron chi connectivity index (χ2n) is 5.12. The van der Waals surface area contributed by atoms with Gasteiger partial charge in [0.15, 0.2) is 0 Å². The van der Waals surface area contributed by atoms with Gasteiger partial charge in [-0.25, -0.2) is 0 Å². The lowest BCUT2D eigenvalue weighted by Gasteiger charge is -2.24. The molecule has 1 fully saturated rings. The third-order valence-corrected chi connectivity index (χ3v) is 4.08. The van der Waals surface area contributed by atoms with Crippen LogP contribution in [0.25, 0.3) is 0 Å². The fraction of sp³-hybridized carbons (Fsp3) is 0.600. The average molecular weight is 343 g/mol. The van der Waals surface area contributed by atoms with Gasteiger partial charge in [0, 0.05) is 30.1 Å². The van der Waals surface area contributed by atoms with Crippen LogP contribution in [0.5, 0.6) is 5.75 Å². The van der Waals surface area contributed by atoms with Crippen LogP contribution in [0.4, 0.5) is 0 Å². The molecule has 112 valence electrons. The minimum Gasteiger partial charge on any atom is -0.492 e. The molecule has 1 heterocycles. The van der Waals surface area contributed by atoms with Crippen LogP contribution in [0.1, 0.15) is 12.8 Å². The quantitative estimate of drug-likeness (QED) is 0.757. The zero-order chi connectivity index (χ0) is 14.2. The summed E-state index contributed by atoms with van der Waals surface area (Å²) in [5.74, 6) is 0.885. The van der Waals surface area contributed by atoms with Crippen molar-refractivity contribution in [3.63, 3.8) is 0 Å². The molecule has 0 saturated carbocycles. The summed E-state index contributed by atoms with van der Waals surface area (Å²) < 4.78 is 6.79. The molecule has 2 rings (SSSR count). The Morgan fingerprint density at radius 1 is 1.30 bits per heavy atom. The Kier molecular flexibility index (Phi) is 6.79. The number of benzene rings is 1. The van der Waals surface area contributed by atoms with Crippen LogP contribution in [0.15, 0.2) is 28.7 Å². The monoisotopic (exact) mass is 342 g/mol. The van der Waals surface area contributed by atoms with Crippen molar-refractivity contribution in [1.82, 2.24) is 10.2 Å². The fourth-order valence-electron chi connectivity index (χ4n) is 2.48. The Morgan fingerprint density at radius 2 is 2.10 bits per heavy atom. The highest BCUT2D eigenvalue weighted by Crippen LogP contribution is 2.16. The summed E-state index contributed by atoms with van der Waals surface area (Å²) in [6.07, 6.45) is 2.49. The smallest absolute Gasteiger partial charge is 0.119 e. The summed E-state index contributed by atoms with van der Waals surface area (Å²) in [6, 6.07) is 8.43. The molecule has 20 heavy (non-hydrogen) atoms. The zero-order valence-electron chi connectivity index (χ0n) is 11.7.